The van der Waals surface area contributed by atoms with E-state index in [1.54, 1.807) is 6.07 Å². The van der Waals surface area contributed by atoms with Crippen LogP contribution in [0, 0.1) is 0 Å². The summed E-state index contributed by atoms with van der Waals surface area (Å²) >= 11 is 0. The smallest absolute Gasteiger partial charge is 0.346 e. The van der Waals surface area contributed by atoms with Crippen LogP contribution in [-0.2, 0) is 4.79 Å². The summed E-state index contributed by atoms with van der Waals surface area (Å²) in [5.41, 5.74) is 6.40. The molecule has 0 aliphatic carbocycles. The summed E-state index contributed by atoms with van der Waals surface area (Å²) in [6.07, 6.45) is -0.0130. The number of hydrogen-bond donors (Lipinski definition) is 2. The van der Waals surface area contributed by atoms with Gasteiger partial charge in [-0.15, -0.1) is 0 Å². The van der Waals surface area contributed by atoms with Gasteiger partial charge in [0.2, 0.25) is 6.10 Å². The summed E-state index contributed by atoms with van der Waals surface area (Å²) in [7, 11) is 0. The fourth-order valence-electron chi connectivity index (χ4n) is 1.57. The fourth-order valence-corrected chi connectivity index (χ4v) is 1.57. The minimum atomic E-state index is -1.04. The van der Waals surface area contributed by atoms with E-state index in [4.69, 9.17) is 15.6 Å². The van der Waals surface area contributed by atoms with Gasteiger partial charge >= 0.3 is 5.97 Å². The lowest BCUT2D eigenvalue weighted by atomic mass is 9.98. The monoisotopic (exact) mass is 237 g/mol. The number of rotatable bonds is 6. The molecule has 2 unspecified atom stereocenters. The fraction of sp³-hybridized carbons (Fsp3) is 0.462. The van der Waals surface area contributed by atoms with E-state index >= 15 is 0 Å². The maximum absolute atomic E-state index is 10.9. The zero-order valence-corrected chi connectivity index (χ0v) is 10.2. The molecule has 0 radical (unpaired) electrons. The van der Waals surface area contributed by atoms with Crippen molar-refractivity contribution >= 4 is 5.97 Å². The molecule has 1 aromatic rings. The van der Waals surface area contributed by atoms with E-state index in [0.29, 0.717) is 11.7 Å². The van der Waals surface area contributed by atoms with Crippen molar-refractivity contribution in [1.82, 2.24) is 0 Å². The Morgan fingerprint density at radius 1 is 1.47 bits per heavy atom. The Morgan fingerprint density at radius 3 is 2.65 bits per heavy atom. The Bertz CT molecular complexity index is 379. The highest BCUT2D eigenvalue weighted by molar-refractivity contribution is 5.73. The van der Waals surface area contributed by atoms with Crippen LogP contribution in [0.2, 0.25) is 0 Å². The molecule has 0 amide bonds. The number of para-hydroxylation sites is 1. The number of benzene rings is 1. The first kappa shape index (κ1) is 13.5. The highest BCUT2D eigenvalue weighted by atomic mass is 16.5. The van der Waals surface area contributed by atoms with E-state index < -0.39 is 12.1 Å². The minimum absolute atomic E-state index is 0.0375. The van der Waals surface area contributed by atoms with E-state index in [-0.39, 0.29) is 6.54 Å². The summed E-state index contributed by atoms with van der Waals surface area (Å²) < 4.78 is 5.45. The molecule has 1 rings (SSSR count). The topological polar surface area (TPSA) is 72.5 Å². The van der Waals surface area contributed by atoms with Crippen LogP contribution in [0.5, 0.6) is 5.75 Å². The van der Waals surface area contributed by atoms with Crippen LogP contribution >= 0.6 is 0 Å². The van der Waals surface area contributed by atoms with Crippen molar-refractivity contribution < 1.29 is 14.6 Å². The van der Waals surface area contributed by atoms with Gasteiger partial charge in [0.15, 0.2) is 0 Å². The van der Waals surface area contributed by atoms with Gasteiger partial charge in [-0.1, -0.05) is 32.0 Å². The van der Waals surface area contributed by atoms with Crippen molar-refractivity contribution in [2.45, 2.75) is 32.3 Å². The summed E-state index contributed by atoms with van der Waals surface area (Å²) in [5, 5.41) is 8.92. The quantitative estimate of drug-likeness (QED) is 0.793. The SMILES string of the molecule is CCC(C)c1ccccc1OC(CN)C(=O)O. The minimum Gasteiger partial charge on any atom is -0.478 e. The molecule has 4 nitrogen and oxygen atoms in total. The average molecular weight is 237 g/mol. The number of carboxylic acids is 1. The van der Waals surface area contributed by atoms with Gasteiger partial charge in [0.05, 0.1) is 0 Å². The molecule has 1 aromatic carbocycles. The van der Waals surface area contributed by atoms with Crippen LogP contribution in [-0.4, -0.2) is 23.7 Å². The molecule has 0 aromatic heterocycles. The van der Waals surface area contributed by atoms with Crippen molar-refractivity contribution in [3.8, 4) is 5.75 Å². The number of ether oxygens (including phenoxy) is 1. The van der Waals surface area contributed by atoms with Crippen molar-refractivity contribution in [2.75, 3.05) is 6.54 Å². The number of aliphatic carboxylic acids is 1. The highest BCUT2D eigenvalue weighted by Crippen LogP contribution is 2.28. The van der Waals surface area contributed by atoms with Crippen LogP contribution in [0.1, 0.15) is 31.7 Å². The first-order valence-electron chi connectivity index (χ1n) is 5.78. The lowest BCUT2D eigenvalue weighted by molar-refractivity contribution is -0.144. The summed E-state index contributed by atoms with van der Waals surface area (Å²) in [6, 6.07) is 7.50. The Morgan fingerprint density at radius 2 is 2.12 bits per heavy atom. The summed E-state index contributed by atoms with van der Waals surface area (Å²) in [4.78, 5) is 10.9. The molecule has 0 saturated carbocycles. The lowest BCUT2D eigenvalue weighted by Gasteiger charge is -2.18. The molecule has 0 spiro atoms. The largest absolute Gasteiger partial charge is 0.478 e. The molecule has 3 N–H and O–H groups in total. The molecule has 4 heteroatoms. The van der Waals surface area contributed by atoms with Crippen LogP contribution in [0.25, 0.3) is 0 Å². The summed E-state index contributed by atoms with van der Waals surface area (Å²) in [6.45, 7) is 4.13. The molecule has 0 fully saturated rings. The van der Waals surface area contributed by atoms with E-state index in [0.717, 1.165) is 12.0 Å². The second-order valence-corrected chi connectivity index (χ2v) is 4.03. The van der Waals surface area contributed by atoms with Gasteiger partial charge in [0.25, 0.3) is 0 Å². The Balaban J connectivity index is 2.93. The van der Waals surface area contributed by atoms with Gasteiger partial charge in [-0.3, -0.25) is 0 Å². The van der Waals surface area contributed by atoms with Crippen LogP contribution in [0.15, 0.2) is 24.3 Å². The normalized spacial score (nSPS) is 14.1. The van der Waals surface area contributed by atoms with Crippen LogP contribution in [0.4, 0.5) is 0 Å². The summed E-state index contributed by atoms with van der Waals surface area (Å²) in [5.74, 6) is -0.0930. The molecular weight excluding hydrogens is 218 g/mol. The number of carbonyl (C=O) groups is 1. The van der Waals surface area contributed by atoms with Crippen molar-refractivity contribution in [3.63, 3.8) is 0 Å². The molecule has 17 heavy (non-hydrogen) atoms. The van der Waals surface area contributed by atoms with E-state index in [2.05, 4.69) is 13.8 Å². The van der Waals surface area contributed by atoms with Crippen LogP contribution < -0.4 is 10.5 Å². The van der Waals surface area contributed by atoms with Crippen molar-refractivity contribution in [1.29, 1.82) is 0 Å². The molecule has 0 aliphatic rings. The maximum atomic E-state index is 10.9. The third kappa shape index (κ3) is 3.46. The lowest BCUT2D eigenvalue weighted by Crippen LogP contribution is -2.35. The van der Waals surface area contributed by atoms with Gasteiger partial charge in [-0.2, -0.15) is 0 Å². The standard InChI is InChI=1S/C13H19NO3/c1-3-9(2)10-6-4-5-7-11(10)17-12(8-14)13(15)16/h4-7,9,12H,3,8,14H2,1-2H3,(H,15,16). The Kier molecular flexibility index (Phi) is 4.97. The van der Waals surface area contributed by atoms with E-state index in [1.165, 1.54) is 0 Å². The van der Waals surface area contributed by atoms with Gasteiger partial charge < -0.3 is 15.6 Å². The molecule has 2 atom stereocenters. The van der Waals surface area contributed by atoms with Gasteiger partial charge in [-0.25, -0.2) is 4.79 Å². The second-order valence-electron chi connectivity index (χ2n) is 4.03. The van der Waals surface area contributed by atoms with Gasteiger partial charge in [0, 0.05) is 6.54 Å². The van der Waals surface area contributed by atoms with E-state index in [1.807, 2.05) is 18.2 Å². The molecule has 0 aliphatic heterocycles. The van der Waals surface area contributed by atoms with Gasteiger partial charge in [0.1, 0.15) is 5.75 Å². The predicted octanol–water partition coefficient (Wildman–Crippen LogP) is 1.99. The molecular formula is C13H19NO3. The Hall–Kier alpha value is -1.55. The molecule has 0 heterocycles. The molecule has 0 saturated heterocycles. The zero-order valence-electron chi connectivity index (χ0n) is 10.2. The van der Waals surface area contributed by atoms with Crippen LogP contribution in [0.3, 0.4) is 0 Å². The number of carboxylic acid groups (broad SMARTS) is 1. The Labute approximate surface area is 101 Å². The highest BCUT2D eigenvalue weighted by Gasteiger charge is 2.19. The predicted molar refractivity (Wildman–Crippen MR) is 66.3 cm³/mol. The third-order valence-electron chi connectivity index (χ3n) is 2.82. The number of hydrogen-bond acceptors (Lipinski definition) is 3. The third-order valence-corrected chi connectivity index (χ3v) is 2.82. The van der Waals surface area contributed by atoms with Crippen molar-refractivity contribution in [3.05, 3.63) is 29.8 Å². The molecule has 0 bridgehead atoms. The van der Waals surface area contributed by atoms with Crippen molar-refractivity contribution in [2.24, 2.45) is 5.73 Å². The number of nitrogens with two attached hydrogens (primary N) is 1. The second kappa shape index (κ2) is 6.25. The van der Waals surface area contributed by atoms with Gasteiger partial charge in [-0.05, 0) is 24.0 Å². The van der Waals surface area contributed by atoms with E-state index in [9.17, 15) is 4.79 Å². The maximum Gasteiger partial charge on any atom is 0.346 e. The first-order valence-corrected chi connectivity index (χ1v) is 5.78. The average Bonchev–Trinajstić information content (AvgIpc) is 2.35. The first-order chi connectivity index (χ1) is 8.10. The zero-order chi connectivity index (χ0) is 12.8. The molecule has 94 valence electrons.